The van der Waals surface area contributed by atoms with Gasteiger partial charge in [-0.1, -0.05) is 30.3 Å². The second-order valence-electron chi connectivity index (χ2n) is 6.97. The van der Waals surface area contributed by atoms with Gasteiger partial charge in [0.25, 0.3) is 5.56 Å². The van der Waals surface area contributed by atoms with Crippen LogP contribution in [0.25, 0.3) is 0 Å². The van der Waals surface area contributed by atoms with Crippen LogP contribution < -0.4 is 15.4 Å². The lowest BCUT2D eigenvalue weighted by Crippen LogP contribution is -2.47. The molecule has 132 valence electrons. The first-order valence-corrected chi connectivity index (χ1v) is 9.06. The molecule has 0 saturated carbocycles. The molecule has 0 radical (unpaired) electrons. The summed E-state index contributed by atoms with van der Waals surface area (Å²) in [6.07, 6.45) is 1.85. The van der Waals surface area contributed by atoms with Crippen molar-refractivity contribution in [2.75, 3.05) is 49.6 Å². The fraction of sp³-hybridized carbons (Fsp3) is 0.474. The lowest BCUT2D eigenvalue weighted by molar-refractivity contribution is 0.248. The highest BCUT2D eigenvalue weighted by Crippen LogP contribution is 2.23. The monoisotopic (exact) mass is 339 g/mol. The van der Waals surface area contributed by atoms with Crippen LogP contribution in [-0.4, -0.2) is 54.6 Å². The molecule has 2 aliphatic heterocycles. The first-order valence-electron chi connectivity index (χ1n) is 9.06. The highest BCUT2D eigenvalue weighted by atomic mass is 16.1. The van der Waals surface area contributed by atoms with E-state index < -0.39 is 0 Å². The van der Waals surface area contributed by atoms with Crippen molar-refractivity contribution in [3.8, 4) is 0 Å². The molecule has 2 aromatic rings. The number of nitrogens with zero attached hydrogens (tertiary/aromatic N) is 4. The van der Waals surface area contributed by atoms with Gasteiger partial charge in [-0.3, -0.25) is 14.7 Å². The molecule has 0 spiro atoms. The van der Waals surface area contributed by atoms with Gasteiger partial charge >= 0.3 is 0 Å². The maximum Gasteiger partial charge on any atom is 0.257 e. The summed E-state index contributed by atoms with van der Waals surface area (Å²) < 4.78 is 0. The number of benzene rings is 1. The van der Waals surface area contributed by atoms with Crippen molar-refractivity contribution < 1.29 is 0 Å². The predicted molar refractivity (Wildman–Crippen MR) is 100 cm³/mol. The van der Waals surface area contributed by atoms with E-state index in [0.29, 0.717) is 0 Å². The molecule has 1 N–H and O–H groups in total. The van der Waals surface area contributed by atoms with E-state index >= 15 is 0 Å². The molecule has 0 amide bonds. The average Bonchev–Trinajstić information content (AvgIpc) is 2.64. The Morgan fingerprint density at radius 2 is 1.84 bits per heavy atom. The van der Waals surface area contributed by atoms with E-state index in [-0.39, 0.29) is 5.56 Å². The smallest absolute Gasteiger partial charge is 0.257 e. The molecule has 0 bridgehead atoms. The van der Waals surface area contributed by atoms with Crippen LogP contribution in [0, 0.1) is 0 Å². The van der Waals surface area contributed by atoms with Crippen molar-refractivity contribution in [2.24, 2.45) is 0 Å². The van der Waals surface area contributed by atoms with Gasteiger partial charge in [-0.25, -0.2) is 0 Å². The van der Waals surface area contributed by atoms with Gasteiger partial charge in [-0.2, -0.15) is 4.98 Å². The summed E-state index contributed by atoms with van der Waals surface area (Å²) in [6, 6.07) is 10.6. The Labute approximate surface area is 148 Å². The summed E-state index contributed by atoms with van der Waals surface area (Å²) in [5.74, 6) is 1.58. The van der Waals surface area contributed by atoms with Gasteiger partial charge < -0.3 is 9.80 Å². The van der Waals surface area contributed by atoms with Gasteiger partial charge in [0.15, 0.2) is 0 Å². The van der Waals surface area contributed by atoms with Crippen molar-refractivity contribution in [1.29, 1.82) is 0 Å². The number of hydrogen-bond donors (Lipinski definition) is 1. The fourth-order valence-electron chi connectivity index (χ4n) is 3.72. The van der Waals surface area contributed by atoms with Crippen LogP contribution in [0.1, 0.15) is 17.5 Å². The SMILES string of the molecule is CN1CCCc2c1nc(N1CCN(Cc3ccccc3)CC1)[nH]c2=O. The Kier molecular flexibility index (Phi) is 4.44. The van der Waals surface area contributed by atoms with Gasteiger partial charge in [0.2, 0.25) is 5.95 Å². The van der Waals surface area contributed by atoms with Crippen LogP contribution in [0.5, 0.6) is 0 Å². The molecule has 25 heavy (non-hydrogen) atoms. The number of aromatic amines is 1. The minimum absolute atomic E-state index is 0.0262. The summed E-state index contributed by atoms with van der Waals surface area (Å²) in [5, 5.41) is 0. The second kappa shape index (κ2) is 6.88. The first kappa shape index (κ1) is 16.1. The van der Waals surface area contributed by atoms with E-state index in [2.05, 4.69) is 50.0 Å². The lowest BCUT2D eigenvalue weighted by Gasteiger charge is -2.35. The number of fused-ring (bicyclic) bond motifs is 1. The normalized spacial score (nSPS) is 18.3. The highest BCUT2D eigenvalue weighted by molar-refractivity contribution is 5.51. The molecule has 1 saturated heterocycles. The molecule has 1 aromatic carbocycles. The molecular weight excluding hydrogens is 314 g/mol. The van der Waals surface area contributed by atoms with Crippen molar-refractivity contribution in [3.63, 3.8) is 0 Å². The summed E-state index contributed by atoms with van der Waals surface area (Å²) >= 11 is 0. The highest BCUT2D eigenvalue weighted by Gasteiger charge is 2.23. The first-order chi connectivity index (χ1) is 12.2. The zero-order valence-electron chi connectivity index (χ0n) is 14.7. The third-order valence-electron chi connectivity index (χ3n) is 5.18. The van der Waals surface area contributed by atoms with E-state index in [0.717, 1.165) is 69.4 Å². The Hall–Kier alpha value is -2.34. The van der Waals surface area contributed by atoms with E-state index in [1.165, 1.54) is 5.56 Å². The summed E-state index contributed by atoms with van der Waals surface area (Å²) in [6.45, 7) is 5.67. The maximum absolute atomic E-state index is 12.4. The molecule has 3 heterocycles. The quantitative estimate of drug-likeness (QED) is 0.918. The van der Waals surface area contributed by atoms with E-state index in [1.54, 1.807) is 0 Å². The van der Waals surface area contributed by atoms with Crippen LogP contribution >= 0.6 is 0 Å². The minimum Gasteiger partial charge on any atom is -0.359 e. The number of anilines is 2. The molecule has 1 aromatic heterocycles. The van der Waals surface area contributed by atoms with Gasteiger partial charge in [-0.05, 0) is 18.4 Å². The molecule has 4 rings (SSSR count). The molecule has 0 aliphatic carbocycles. The minimum atomic E-state index is 0.0262. The van der Waals surface area contributed by atoms with Crippen molar-refractivity contribution in [3.05, 3.63) is 51.8 Å². The van der Waals surface area contributed by atoms with Crippen LogP contribution in [0.2, 0.25) is 0 Å². The summed E-state index contributed by atoms with van der Waals surface area (Å²) in [7, 11) is 2.02. The molecule has 1 fully saturated rings. The zero-order chi connectivity index (χ0) is 17.2. The molecule has 0 unspecified atom stereocenters. The van der Waals surface area contributed by atoms with Crippen LogP contribution in [0.15, 0.2) is 35.1 Å². The molecule has 2 aliphatic rings. The van der Waals surface area contributed by atoms with Gasteiger partial charge in [0, 0.05) is 46.3 Å². The maximum atomic E-state index is 12.4. The predicted octanol–water partition coefficient (Wildman–Crippen LogP) is 1.47. The zero-order valence-corrected chi connectivity index (χ0v) is 14.7. The second-order valence-corrected chi connectivity index (χ2v) is 6.97. The van der Waals surface area contributed by atoms with Crippen molar-refractivity contribution >= 4 is 11.8 Å². The summed E-state index contributed by atoms with van der Waals surface area (Å²) in [5.41, 5.74) is 2.20. The summed E-state index contributed by atoms with van der Waals surface area (Å²) in [4.78, 5) is 26.9. The van der Waals surface area contributed by atoms with Crippen molar-refractivity contribution in [1.82, 2.24) is 14.9 Å². The van der Waals surface area contributed by atoms with E-state index in [9.17, 15) is 4.79 Å². The third-order valence-corrected chi connectivity index (χ3v) is 5.18. The molecule has 0 atom stereocenters. The molecule has 6 heteroatoms. The Bertz CT molecular complexity index is 780. The molecule has 6 nitrogen and oxygen atoms in total. The number of H-pyrrole nitrogens is 1. The van der Waals surface area contributed by atoms with Gasteiger partial charge in [-0.15, -0.1) is 0 Å². The van der Waals surface area contributed by atoms with Crippen LogP contribution in [0.4, 0.5) is 11.8 Å². The largest absolute Gasteiger partial charge is 0.359 e. The fourth-order valence-corrected chi connectivity index (χ4v) is 3.72. The topological polar surface area (TPSA) is 55.5 Å². The molecular formula is C19H25N5O. The number of piperazine rings is 1. The average molecular weight is 339 g/mol. The van der Waals surface area contributed by atoms with Crippen LogP contribution in [0.3, 0.4) is 0 Å². The number of rotatable bonds is 3. The standard InChI is InChI=1S/C19H25N5O/c1-22-9-5-8-16-17(22)20-19(21-18(16)25)24-12-10-23(11-13-24)14-15-6-3-2-4-7-15/h2-4,6-7H,5,8-14H2,1H3,(H,20,21,25). The Morgan fingerprint density at radius 3 is 2.60 bits per heavy atom. The van der Waals surface area contributed by atoms with E-state index in [4.69, 9.17) is 4.98 Å². The Balaban J connectivity index is 1.45. The Morgan fingerprint density at radius 1 is 1.08 bits per heavy atom. The number of nitrogens with one attached hydrogen (secondary N) is 1. The van der Waals surface area contributed by atoms with Crippen LogP contribution in [-0.2, 0) is 13.0 Å². The van der Waals surface area contributed by atoms with Crippen molar-refractivity contribution in [2.45, 2.75) is 19.4 Å². The third kappa shape index (κ3) is 3.39. The van der Waals surface area contributed by atoms with Gasteiger partial charge in [0.05, 0.1) is 5.56 Å². The lowest BCUT2D eigenvalue weighted by atomic mass is 10.1. The van der Waals surface area contributed by atoms with E-state index in [1.807, 2.05) is 7.05 Å². The number of hydrogen-bond acceptors (Lipinski definition) is 5. The number of aromatic nitrogens is 2. The van der Waals surface area contributed by atoms with Gasteiger partial charge in [0.1, 0.15) is 5.82 Å².